The maximum Gasteiger partial charge on any atom is 0.152 e. The summed E-state index contributed by atoms with van der Waals surface area (Å²) in [5, 5.41) is 3.60. The summed E-state index contributed by atoms with van der Waals surface area (Å²) >= 11 is 0. The van der Waals surface area contributed by atoms with Crippen molar-refractivity contribution in [2.24, 2.45) is 0 Å². The van der Waals surface area contributed by atoms with Crippen LogP contribution in [0.2, 0.25) is 0 Å². The van der Waals surface area contributed by atoms with Gasteiger partial charge in [0.15, 0.2) is 5.82 Å². The number of rotatable bonds is 4. The minimum atomic E-state index is 0.167. The van der Waals surface area contributed by atoms with Crippen LogP contribution < -0.4 is 14.8 Å². The number of hydrogen-bond donors (Lipinski definition) is 1. The minimum absolute atomic E-state index is 0.167. The highest BCUT2D eigenvalue weighted by atomic mass is 16.5. The van der Waals surface area contributed by atoms with Gasteiger partial charge in [-0.1, -0.05) is 6.42 Å². The van der Waals surface area contributed by atoms with Crippen LogP contribution in [-0.2, 0) is 0 Å². The van der Waals surface area contributed by atoms with Gasteiger partial charge in [-0.2, -0.15) is 0 Å². The quantitative estimate of drug-likeness (QED) is 0.689. The van der Waals surface area contributed by atoms with E-state index in [1.165, 1.54) is 6.33 Å². The van der Waals surface area contributed by atoms with Gasteiger partial charge in [-0.05, 0) is 19.9 Å². The number of anilines is 1. The highest BCUT2D eigenvalue weighted by molar-refractivity contribution is 5.96. The molecule has 1 aromatic carbocycles. The second-order valence-electron chi connectivity index (χ2n) is 5.63. The van der Waals surface area contributed by atoms with Crippen molar-refractivity contribution >= 4 is 16.7 Å². The fraction of sp³-hybridized carbons (Fsp3) is 0.412. The highest BCUT2D eigenvalue weighted by Crippen LogP contribution is 2.35. The number of fused-ring (bicyclic) bond motifs is 1. The molecule has 2 heterocycles. The number of piperidine rings is 1. The van der Waals surface area contributed by atoms with Gasteiger partial charge in [-0.3, -0.25) is 5.32 Å². The number of benzene rings is 1. The number of aromatic nitrogens is 2. The molecule has 1 fully saturated rings. The topological polar surface area (TPSA) is 59.5 Å². The van der Waals surface area contributed by atoms with Crippen molar-refractivity contribution in [1.82, 2.24) is 14.9 Å². The Morgan fingerprint density at radius 3 is 2.78 bits per heavy atom. The number of methoxy groups -OCH3 is 1. The summed E-state index contributed by atoms with van der Waals surface area (Å²) in [5.41, 5.74) is 0.736. The first-order valence-corrected chi connectivity index (χ1v) is 7.61. The predicted molar refractivity (Wildman–Crippen MR) is 89.7 cm³/mol. The summed E-state index contributed by atoms with van der Waals surface area (Å²) in [6, 6.07) is 6.12. The van der Waals surface area contributed by atoms with E-state index in [2.05, 4.69) is 33.3 Å². The number of nitrogens with zero attached hydrogens (tertiary/aromatic N) is 3. The maximum atomic E-state index is 6.25. The number of likely N-dealkylation sites (tertiary alicyclic amines) is 1. The molecule has 120 valence electrons. The molecule has 1 aromatic heterocycles. The van der Waals surface area contributed by atoms with E-state index in [-0.39, 0.29) is 6.10 Å². The lowest BCUT2D eigenvalue weighted by molar-refractivity contribution is 0.115. The molecule has 0 saturated carbocycles. The van der Waals surface area contributed by atoms with E-state index >= 15 is 0 Å². The Labute approximate surface area is 135 Å². The van der Waals surface area contributed by atoms with Crippen LogP contribution in [0, 0.1) is 12.5 Å². The lowest BCUT2D eigenvalue weighted by Gasteiger charge is -2.29. The molecule has 0 spiro atoms. The van der Waals surface area contributed by atoms with Gasteiger partial charge in [-0.15, -0.1) is 0 Å². The van der Waals surface area contributed by atoms with Gasteiger partial charge in [0, 0.05) is 31.3 Å². The van der Waals surface area contributed by atoms with Crippen LogP contribution >= 0.6 is 0 Å². The maximum absolute atomic E-state index is 6.25. The van der Waals surface area contributed by atoms with Gasteiger partial charge in [0.05, 0.1) is 18.0 Å². The Bertz CT molecular complexity index is 733. The Kier molecular flexibility index (Phi) is 4.49. The molecule has 0 radical (unpaired) electrons. The third kappa shape index (κ3) is 3.30. The number of nitrogens with one attached hydrogen (secondary N) is 1. The first-order valence-electron chi connectivity index (χ1n) is 7.61. The zero-order valence-corrected chi connectivity index (χ0v) is 13.4. The van der Waals surface area contributed by atoms with Crippen molar-refractivity contribution in [3.05, 3.63) is 18.5 Å². The summed E-state index contributed by atoms with van der Waals surface area (Å²) in [6.45, 7) is 2.05. The molecule has 3 rings (SSSR count). The predicted octanol–water partition coefficient (Wildman–Crippen LogP) is 2.11. The van der Waals surface area contributed by atoms with Crippen molar-refractivity contribution < 1.29 is 9.47 Å². The van der Waals surface area contributed by atoms with Crippen LogP contribution in [-0.4, -0.2) is 48.2 Å². The average molecular weight is 312 g/mol. The zero-order valence-electron chi connectivity index (χ0n) is 13.4. The van der Waals surface area contributed by atoms with Crippen LogP contribution in [0.4, 0.5) is 5.82 Å². The van der Waals surface area contributed by atoms with Gasteiger partial charge < -0.3 is 14.4 Å². The van der Waals surface area contributed by atoms with Gasteiger partial charge in [-0.25, -0.2) is 9.97 Å². The van der Waals surface area contributed by atoms with Crippen molar-refractivity contribution in [1.29, 1.82) is 0 Å². The van der Waals surface area contributed by atoms with Crippen LogP contribution in [0.1, 0.15) is 12.8 Å². The summed E-state index contributed by atoms with van der Waals surface area (Å²) in [5.74, 6) is 1.97. The first kappa shape index (κ1) is 15.4. The molecular formula is C17H20N4O2. The second-order valence-corrected chi connectivity index (χ2v) is 5.63. The van der Waals surface area contributed by atoms with E-state index in [0.29, 0.717) is 17.3 Å². The molecule has 6 heteroatoms. The molecule has 2 aromatic rings. The van der Waals surface area contributed by atoms with E-state index in [4.69, 9.17) is 15.9 Å². The molecule has 0 bridgehead atoms. The molecule has 23 heavy (non-hydrogen) atoms. The highest BCUT2D eigenvalue weighted by Gasteiger charge is 2.21. The van der Waals surface area contributed by atoms with E-state index in [1.807, 2.05) is 12.1 Å². The van der Waals surface area contributed by atoms with Gasteiger partial charge in [0.25, 0.3) is 0 Å². The van der Waals surface area contributed by atoms with E-state index in [0.717, 1.165) is 36.8 Å². The Hall–Kier alpha value is -2.52. The fourth-order valence-corrected chi connectivity index (χ4v) is 2.79. The van der Waals surface area contributed by atoms with Crippen molar-refractivity contribution in [2.45, 2.75) is 18.9 Å². The van der Waals surface area contributed by atoms with Crippen molar-refractivity contribution in [2.75, 3.05) is 32.6 Å². The van der Waals surface area contributed by atoms with E-state index in [1.54, 1.807) is 7.11 Å². The summed E-state index contributed by atoms with van der Waals surface area (Å²) in [7, 11) is 3.75. The fourth-order valence-electron chi connectivity index (χ4n) is 2.79. The molecule has 1 saturated heterocycles. The average Bonchev–Trinajstić information content (AvgIpc) is 2.57. The molecule has 1 N–H and O–H groups in total. The Balaban J connectivity index is 2.00. The molecule has 0 atom stereocenters. The molecule has 0 aliphatic carbocycles. The number of ether oxygens (including phenoxy) is 2. The third-order valence-electron chi connectivity index (χ3n) is 4.06. The number of hydrogen-bond acceptors (Lipinski definition) is 6. The lowest BCUT2D eigenvalue weighted by atomic mass is 10.1. The molecular weight excluding hydrogens is 292 g/mol. The molecule has 0 unspecified atom stereocenters. The first-order chi connectivity index (χ1) is 11.2. The third-order valence-corrected chi connectivity index (χ3v) is 4.06. The lowest BCUT2D eigenvalue weighted by Crippen LogP contribution is -2.35. The van der Waals surface area contributed by atoms with Crippen LogP contribution in [0.25, 0.3) is 10.9 Å². The standard InChI is InChI=1S/C17H20N4O2/c1-4-18-17-16-14(19-11-20-17)9-13(22-3)10-15(16)23-12-5-7-21(2)8-6-12/h1,9-12H,5-8H2,2-3H3,(H,18,19,20). The van der Waals surface area contributed by atoms with Crippen molar-refractivity contribution in [3.63, 3.8) is 0 Å². The molecule has 1 aliphatic rings. The van der Waals surface area contributed by atoms with Crippen LogP contribution in [0.3, 0.4) is 0 Å². The monoisotopic (exact) mass is 312 g/mol. The van der Waals surface area contributed by atoms with Crippen LogP contribution in [0.5, 0.6) is 11.5 Å². The Morgan fingerprint density at radius 2 is 2.09 bits per heavy atom. The van der Waals surface area contributed by atoms with E-state index < -0.39 is 0 Å². The summed E-state index contributed by atoms with van der Waals surface area (Å²) in [4.78, 5) is 10.8. The van der Waals surface area contributed by atoms with Crippen molar-refractivity contribution in [3.8, 4) is 24.0 Å². The van der Waals surface area contributed by atoms with Gasteiger partial charge >= 0.3 is 0 Å². The van der Waals surface area contributed by atoms with Crippen LogP contribution in [0.15, 0.2) is 18.5 Å². The smallest absolute Gasteiger partial charge is 0.152 e. The normalized spacial score (nSPS) is 16.0. The van der Waals surface area contributed by atoms with Gasteiger partial charge in [0.1, 0.15) is 23.9 Å². The zero-order chi connectivity index (χ0) is 16.2. The number of terminal acetylenes is 1. The van der Waals surface area contributed by atoms with Gasteiger partial charge in [0.2, 0.25) is 0 Å². The second kappa shape index (κ2) is 6.71. The summed E-state index contributed by atoms with van der Waals surface area (Å²) < 4.78 is 11.6. The molecule has 1 aliphatic heterocycles. The van der Waals surface area contributed by atoms with E-state index in [9.17, 15) is 0 Å². The summed E-state index contributed by atoms with van der Waals surface area (Å²) in [6.07, 6.45) is 8.98. The largest absolute Gasteiger partial charge is 0.497 e. The SMILES string of the molecule is C#CNc1ncnc2cc(OC)cc(OC3CCN(C)CC3)c12. The minimum Gasteiger partial charge on any atom is -0.497 e. The molecule has 6 nitrogen and oxygen atoms in total. The molecule has 0 amide bonds. The Morgan fingerprint density at radius 1 is 1.30 bits per heavy atom.